The van der Waals surface area contributed by atoms with Gasteiger partial charge in [-0.1, -0.05) is 68.5 Å². The van der Waals surface area contributed by atoms with E-state index in [2.05, 4.69) is 34.9 Å². The molecule has 0 aromatic heterocycles. The van der Waals surface area contributed by atoms with Gasteiger partial charge < -0.3 is 20.5 Å². The molecule has 2 atom stereocenters. The van der Waals surface area contributed by atoms with Crippen molar-refractivity contribution in [2.24, 2.45) is 11.8 Å². The number of carboxylic acids is 1. The zero-order chi connectivity index (χ0) is 24.8. The fourth-order valence-corrected chi connectivity index (χ4v) is 4.53. The van der Waals surface area contributed by atoms with E-state index in [0.717, 1.165) is 22.3 Å². The minimum Gasteiger partial charge on any atom is -0.478 e. The van der Waals surface area contributed by atoms with Crippen LogP contribution in [0.15, 0.2) is 60.2 Å². The molecule has 2 amide bonds. The van der Waals surface area contributed by atoms with Crippen molar-refractivity contribution in [2.45, 2.75) is 39.7 Å². The summed E-state index contributed by atoms with van der Waals surface area (Å²) in [5, 5.41) is 14.5. The van der Waals surface area contributed by atoms with Crippen molar-refractivity contribution in [1.82, 2.24) is 10.6 Å². The zero-order valence-corrected chi connectivity index (χ0v) is 20.0. The molecule has 1 aliphatic carbocycles. The first kappa shape index (κ1) is 25.0. The standard InChI is InChI=1S/C27H32N2O5/c1-16(2)24(25(30)28-14-13-17(3)26(31)32)18(4)29-27(33)34-15-23-21-11-7-5-9-19(21)20-10-6-8-12-22(20)23/h5-13,16,18,23-24H,14-15H2,1-4H3,(H,28,30)(H,29,33)(H,31,32)/b17-13+. The lowest BCUT2D eigenvalue weighted by molar-refractivity contribution is -0.132. The molecule has 7 heteroatoms. The van der Waals surface area contributed by atoms with E-state index in [4.69, 9.17) is 9.84 Å². The van der Waals surface area contributed by atoms with Crippen molar-refractivity contribution >= 4 is 18.0 Å². The van der Waals surface area contributed by atoms with Crippen molar-refractivity contribution in [3.63, 3.8) is 0 Å². The summed E-state index contributed by atoms with van der Waals surface area (Å²) in [6.45, 7) is 7.35. The largest absolute Gasteiger partial charge is 0.478 e. The topological polar surface area (TPSA) is 105 Å². The maximum absolute atomic E-state index is 12.7. The fourth-order valence-electron chi connectivity index (χ4n) is 4.53. The van der Waals surface area contributed by atoms with Crippen LogP contribution in [0.25, 0.3) is 11.1 Å². The summed E-state index contributed by atoms with van der Waals surface area (Å²) in [6, 6.07) is 15.8. The predicted octanol–water partition coefficient (Wildman–Crippen LogP) is 4.33. The quantitative estimate of drug-likeness (QED) is 0.479. The van der Waals surface area contributed by atoms with E-state index in [9.17, 15) is 14.4 Å². The highest BCUT2D eigenvalue weighted by atomic mass is 16.5. The third-order valence-corrected chi connectivity index (χ3v) is 6.27. The second-order valence-corrected chi connectivity index (χ2v) is 8.97. The highest BCUT2D eigenvalue weighted by Gasteiger charge is 2.31. The molecule has 0 radical (unpaired) electrons. The SMILES string of the molecule is C/C(=C\CNC(=O)C(C(C)C)C(C)NC(=O)OCC1c2ccccc2-c2ccccc21)C(=O)O. The Kier molecular flexibility index (Phi) is 8.10. The molecule has 2 aromatic carbocycles. The molecule has 2 aromatic rings. The molecule has 180 valence electrons. The molecule has 3 rings (SSSR count). The Morgan fingerprint density at radius 2 is 1.56 bits per heavy atom. The van der Waals surface area contributed by atoms with Gasteiger partial charge in [0.1, 0.15) is 6.61 Å². The number of ether oxygens (including phenoxy) is 1. The molecule has 0 bridgehead atoms. The number of carboxylic acid groups (broad SMARTS) is 1. The minimum absolute atomic E-state index is 0.0399. The van der Waals surface area contributed by atoms with Crippen LogP contribution in [-0.4, -0.2) is 42.3 Å². The summed E-state index contributed by atoms with van der Waals surface area (Å²) < 4.78 is 5.60. The number of aliphatic carboxylic acids is 1. The normalized spacial score (nSPS) is 14.7. The number of amides is 2. The van der Waals surface area contributed by atoms with E-state index in [0.29, 0.717) is 0 Å². The Morgan fingerprint density at radius 1 is 1.00 bits per heavy atom. The number of nitrogens with one attached hydrogen (secondary N) is 2. The van der Waals surface area contributed by atoms with Gasteiger partial charge in [0.15, 0.2) is 0 Å². The number of hydrogen-bond acceptors (Lipinski definition) is 4. The van der Waals surface area contributed by atoms with Crippen molar-refractivity contribution in [2.75, 3.05) is 13.2 Å². The van der Waals surface area contributed by atoms with Gasteiger partial charge >= 0.3 is 12.1 Å². The third kappa shape index (κ3) is 5.65. The average Bonchev–Trinajstić information content (AvgIpc) is 3.11. The summed E-state index contributed by atoms with van der Waals surface area (Å²) in [4.78, 5) is 36.2. The van der Waals surface area contributed by atoms with Crippen LogP contribution in [0.5, 0.6) is 0 Å². The van der Waals surface area contributed by atoms with Gasteiger partial charge in [-0.2, -0.15) is 0 Å². The number of benzene rings is 2. The lowest BCUT2D eigenvalue weighted by Crippen LogP contribution is -2.47. The third-order valence-electron chi connectivity index (χ3n) is 6.27. The van der Waals surface area contributed by atoms with Gasteiger partial charge in [0, 0.05) is 24.1 Å². The molecular weight excluding hydrogens is 432 g/mol. The van der Waals surface area contributed by atoms with E-state index >= 15 is 0 Å². The van der Waals surface area contributed by atoms with E-state index in [1.54, 1.807) is 6.92 Å². The minimum atomic E-state index is -1.03. The molecule has 2 unspecified atom stereocenters. The summed E-state index contributed by atoms with van der Waals surface area (Å²) in [5.41, 5.74) is 4.74. The Labute approximate surface area is 200 Å². The maximum Gasteiger partial charge on any atom is 0.407 e. The first-order chi connectivity index (χ1) is 16.2. The molecule has 3 N–H and O–H groups in total. The Balaban J connectivity index is 1.60. The number of carbonyl (C=O) groups is 3. The van der Waals surface area contributed by atoms with Gasteiger partial charge in [0.25, 0.3) is 0 Å². The molecular formula is C27H32N2O5. The molecule has 0 saturated carbocycles. The van der Waals surface area contributed by atoms with Crippen LogP contribution >= 0.6 is 0 Å². The number of rotatable bonds is 9. The summed E-state index contributed by atoms with van der Waals surface area (Å²) in [5.74, 6) is -1.87. The second kappa shape index (κ2) is 11.0. The van der Waals surface area contributed by atoms with Crippen LogP contribution in [0.1, 0.15) is 44.7 Å². The van der Waals surface area contributed by atoms with Crippen molar-refractivity contribution in [1.29, 1.82) is 0 Å². The summed E-state index contributed by atoms with van der Waals surface area (Å²) in [6.07, 6.45) is 0.871. The lowest BCUT2D eigenvalue weighted by atomic mass is 9.88. The van der Waals surface area contributed by atoms with E-state index in [-0.39, 0.29) is 36.5 Å². The highest BCUT2D eigenvalue weighted by molar-refractivity contribution is 5.86. The van der Waals surface area contributed by atoms with E-state index in [1.165, 1.54) is 13.0 Å². The molecule has 0 fully saturated rings. The molecule has 34 heavy (non-hydrogen) atoms. The van der Waals surface area contributed by atoms with Crippen LogP contribution in [-0.2, 0) is 14.3 Å². The Bertz CT molecular complexity index is 1050. The predicted molar refractivity (Wildman–Crippen MR) is 130 cm³/mol. The van der Waals surface area contributed by atoms with Crippen LogP contribution in [0, 0.1) is 11.8 Å². The van der Waals surface area contributed by atoms with Gasteiger partial charge in [-0.3, -0.25) is 4.79 Å². The monoisotopic (exact) mass is 464 g/mol. The Morgan fingerprint density at radius 3 is 2.09 bits per heavy atom. The lowest BCUT2D eigenvalue weighted by Gasteiger charge is -2.27. The number of carbonyl (C=O) groups excluding carboxylic acids is 2. The van der Waals surface area contributed by atoms with Gasteiger partial charge in [0.2, 0.25) is 5.91 Å². The number of alkyl carbamates (subject to hydrolysis) is 1. The maximum atomic E-state index is 12.7. The van der Waals surface area contributed by atoms with Crippen molar-refractivity contribution < 1.29 is 24.2 Å². The first-order valence-corrected chi connectivity index (χ1v) is 11.5. The molecule has 0 spiro atoms. The molecule has 0 saturated heterocycles. The van der Waals surface area contributed by atoms with Crippen LogP contribution in [0.4, 0.5) is 4.79 Å². The Hall–Kier alpha value is -3.61. The average molecular weight is 465 g/mol. The van der Waals surface area contributed by atoms with Gasteiger partial charge in [0.05, 0.1) is 5.92 Å². The molecule has 7 nitrogen and oxygen atoms in total. The fraction of sp³-hybridized carbons (Fsp3) is 0.370. The van der Waals surface area contributed by atoms with Gasteiger partial charge in [-0.15, -0.1) is 0 Å². The summed E-state index contributed by atoms with van der Waals surface area (Å²) in [7, 11) is 0. The molecule has 1 aliphatic rings. The van der Waals surface area contributed by atoms with Gasteiger partial charge in [-0.05, 0) is 42.0 Å². The van der Waals surface area contributed by atoms with Crippen LogP contribution < -0.4 is 10.6 Å². The zero-order valence-electron chi connectivity index (χ0n) is 20.0. The second-order valence-electron chi connectivity index (χ2n) is 8.97. The summed E-state index contributed by atoms with van der Waals surface area (Å²) >= 11 is 0. The first-order valence-electron chi connectivity index (χ1n) is 11.5. The van der Waals surface area contributed by atoms with E-state index < -0.39 is 24.0 Å². The highest BCUT2D eigenvalue weighted by Crippen LogP contribution is 2.44. The smallest absolute Gasteiger partial charge is 0.407 e. The molecule has 0 aliphatic heterocycles. The molecule has 0 heterocycles. The van der Waals surface area contributed by atoms with Crippen LogP contribution in [0.3, 0.4) is 0 Å². The number of hydrogen-bond donors (Lipinski definition) is 3. The van der Waals surface area contributed by atoms with E-state index in [1.807, 2.05) is 38.1 Å². The van der Waals surface area contributed by atoms with Crippen molar-refractivity contribution in [3.05, 3.63) is 71.3 Å². The van der Waals surface area contributed by atoms with Crippen molar-refractivity contribution in [3.8, 4) is 11.1 Å². The van der Waals surface area contributed by atoms with Gasteiger partial charge in [-0.25, -0.2) is 9.59 Å². The number of fused-ring (bicyclic) bond motifs is 3. The van der Waals surface area contributed by atoms with Crippen LogP contribution in [0.2, 0.25) is 0 Å².